The Morgan fingerprint density at radius 1 is 1.33 bits per heavy atom. The SMILES string of the molecule is CN(CC1CCCCO1)S(=O)(=O)c1c(Cl)cc(N)cc1Cl. The van der Waals surface area contributed by atoms with E-state index in [-0.39, 0.29) is 27.6 Å². The van der Waals surface area contributed by atoms with Crippen LogP contribution in [0.3, 0.4) is 0 Å². The smallest absolute Gasteiger partial charge is 0.245 e. The maximum Gasteiger partial charge on any atom is 0.245 e. The van der Waals surface area contributed by atoms with Crippen LogP contribution in [-0.4, -0.2) is 39.0 Å². The molecular formula is C13H18Cl2N2O3S. The molecule has 5 nitrogen and oxygen atoms in total. The van der Waals surface area contributed by atoms with E-state index in [1.807, 2.05) is 0 Å². The number of nitrogens with two attached hydrogens (primary N) is 1. The lowest BCUT2D eigenvalue weighted by atomic mass is 10.1. The molecule has 1 aliphatic rings. The molecule has 1 saturated heterocycles. The van der Waals surface area contributed by atoms with Crippen LogP contribution in [-0.2, 0) is 14.8 Å². The summed E-state index contributed by atoms with van der Waals surface area (Å²) in [6, 6.07) is 2.76. The molecule has 1 atom stereocenters. The number of benzene rings is 1. The molecule has 1 fully saturated rings. The van der Waals surface area contributed by atoms with Gasteiger partial charge < -0.3 is 10.5 Å². The van der Waals surface area contributed by atoms with Crippen molar-refractivity contribution in [1.82, 2.24) is 4.31 Å². The molecule has 2 rings (SSSR count). The van der Waals surface area contributed by atoms with Crippen molar-refractivity contribution in [2.75, 3.05) is 25.9 Å². The molecule has 0 aromatic heterocycles. The highest BCUT2D eigenvalue weighted by Gasteiger charge is 2.29. The number of halogens is 2. The molecule has 118 valence electrons. The molecular weight excluding hydrogens is 335 g/mol. The number of nitrogen functional groups attached to an aromatic ring is 1. The van der Waals surface area contributed by atoms with Crippen LogP contribution in [0.15, 0.2) is 17.0 Å². The highest BCUT2D eigenvalue weighted by atomic mass is 35.5. The van der Waals surface area contributed by atoms with E-state index in [1.54, 1.807) is 0 Å². The quantitative estimate of drug-likeness (QED) is 0.845. The van der Waals surface area contributed by atoms with E-state index in [9.17, 15) is 8.42 Å². The molecule has 0 amide bonds. The largest absolute Gasteiger partial charge is 0.399 e. The van der Waals surface area contributed by atoms with Crippen LogP contribution in [0.5, 0.6) is 0 Å². The minimum atomic E-state index is -3.78. The fourth-order valence-electron chi connectivity index (χ4n) is 2.32. The minimum absolute atomic E-state index is 0.0245. The molecule has 0 radical (unpaired) electrons. The first-order valence-corrected chi connectivity index (χ1v) is 8.84. The van der Waals surface area contributed by atoms with Gasteiger partial charge in [0.1, 0.15) is 4.90 Å². The Morgan fingerprint density at radius 2 is 1.95 bits per heavy atom. The van der Waals surface area contributed by atoms with Crippen LogP contribution in [0.25, 0.3) is 0 Å². The van der Waals surface area contributed by atoms with E-state index < -0.39 is 10.0 Å². The van der Waals surface area contributed by atoms with Crippen molar-refractivity contribution in [3.8, 4) is 0 Å². The maximum absolute atomic E-state index is 12.6. The van der Waals surface area contributed by atoms with Gasteiger partial charge in [0.25, 0.3) is 0 Å². The van der Waals surface area contributed by atoms with Crippen molar-refractivity contribution >= 4 is 38.9 Å². The van der Waals surface area contributed by atoms with E-state index in [0.717, 1.165) is 19.3 Å². The van der Waals surface area contributed by atoms with Crippen LogP contribution < -0.4 is 5.73 Å². The van der Waals surface area contributed by atoms with Gasteiger partial charge in [-0.2, -0.15) is 4.31 Å². The molecule has 0 saturated carbocycles. The van der Waals surface area contributed by atoms with Crippen molar-refractivity contribution in [2.45, 2.75) is 30.3 Å². The van der Waals surface area contributed by atoms with Gasteiger partial charge in [-0.05, 0) is 31.4 Å². The Bertz CT molecular complexity index is 593. The van der Waals surface area contributed by atoms with Gasteiger partial charge in [-0.15, -0.1) is 0 Å². The van der Waals surface area contributed by atoms with E-state index >= 15 is 0 Å². The molecule has 1 aromatic carbocycles. The molecule has 0 bridgehead atoms. The van der Waals surface area contributed by atoms with Crippen LogP contribution in [0.4, 0.5) is 5.69 Å². The molecule has 0 aliphatic carbocycles. The summed E-state index contributed by atoms with van der Waals surface area (Å²) in [5, 5.41) is 0.0489. The molecule has 1 aromatic rings. The van der Waals surface area contributed by atoms with Gasteiger partial charge in [-0.3, -0.25) is 0 Å². The van der Waals surface area contributed by atoms with Crippen molar-refractivity contribution in [2.24, 2.45) is 0 Å². The number of sulfonamides is 1. The van der Waals surface area contributed by atoms with Crippen LogP contribution in [0.1, 0.15) is 19.3 Å². The third-order valence-corrected chi connectivity index (χ3v) is 6.17. The fraction of sp³-hybridized carbons (Fsp3) is 0.538. The maximum atomic E-state index is 12.6. The molecule has 1 aliphatic heterocycles. The number of nitrogens with zero attached hydrogens (tertiary/aromatic N) is 1. The summed E-state index contributed by atoms with van der Waals surface area (Å²) in [6.07, 6.45) is 2.82. The highest BCUT2D eigenvalue weighted by molar-refractivity contribution is 7.89. The summed E-state index contributed by atoms with van der Waals surface area (Å²) in [5.41, 5.74) is 5.92. The Morgan fingerprint density at radius 3 is 2.48 bits per heavy atom. The summed E-state index contributed by atoms with van der Waals surface area (Å²) in [4.78, 5) is -0.113. The average Bonchev–Trinajstić information content (AvgIpc) is 2.38. The zero-order valence-electron chi connectivity index (χ0n) is 11.7. The summed E-state index contributed by atoms with van der Waals surface area (Å²) in [7, 11) is -2.29. The lowest BCUT2D eigenvalue weighted by molar-refractivity contribution is 0.00858. The van der Waals surface area contributed by atoms with Crippen molar-refractivity contribution in [3.63, 3.8) is 0 Å². The van der Waals surface area contributed by atoms with E-state index in [0.29, 0.717) is 12.3 Å². The average molecular weight is 353 g/mol. The number of likely N-dealkylation sites (N-methyl/N-ethyl adjacent to an activating group) is 1. The second kappa shape index (κ2) is 6.71. The molecule has 1 heterocycles. The van der Waals surface area contributed by atoms with Crippen molar-refractivity contribution in [3.05, 3.63) is 22.2 Å². The first-order valence-electron chi connectivity index (χ1n) is 6.65. The number of hydrogen-bond donors (Lipinski definition) is 1. The second-order valence-electron chi connectivity index (χ2n) is 5.09. The van der Waals surface area contributed by atoms with Gasteiger partial charge >= 0.3 is 0 Å². The number of anilines is 1. The Balaban J connectivity index is 2.24. The highest BCUT2D eigenvalue weighted by Crippen LogP contribution is 2.33. The predicted molar refractivity (Wildman–Crippen MR) is 84.3 cm³/mol. The summed E-state index contributed by atoms with van der Waals surface area (Å²) in [5.74, 6) is 0. The van der Waals surface area contributed by atoms with Crippen LogP contribution >= 0.6 is 23.2 Å². The third-order valence-electron chi connectivity index (χ3n) is 3.42. The Kier molecular flexibility index (Phi) is 5.38. The van der Waals surface area contributed by atoms with Crippen molar-refractivity contribution < 1.29 is 13.2 Å². The molecule has 0 spiro atoms. The van der Waals surface area contributed by atoms with E-state index in [1.165, 1.54) is 23.5 Å². The third kappa shape index (κ3) is 3.81. The Labute approximate surface area is 135 Å². The fourth-order valence-corrected chi connectivity index (χ4v) is 4.69. The lowest BCUT2D eigenvalue weighted by Crippen LogP contribution is -2.37. The monoisotopic (exact) mass is 352 g/mol. The number of hydrogen-bond acceptors (Lipinski definition) is 4. The number of rotatable bonds is 4. The molecule has 8 heteroatoms. The minimum Gasteiger partial charge on any atom is -0.399 e. The van der Waals surface area contributed by atoms with Gasteiger partial charge in [0.15, 0.2) is 0 Å². The van der Waals surface area contributed by atoms with Gasteiger partial charge in [-0.1, -0.05) is 23.2 Å². The van der Waals surface area contributed by atoms with Gasteiger partial charge in [0.05, 0.1) is 16.1 Å². The molecule has 1 unspecified atom stereocenters. The zero-order valence-corrected chi connectivity index (χ0v) is 14.0. The topological polar surface area (TPSA) is 72.6 Å². The second-order valence-corrected chi connectivity index (χ2v) is 7.88. The normalized spacial score (nSPS) is 19.9. The van der Waals surface area contributed by atoms with Crippen LogP contribution in [0, 0.1) is 0 Å². The Hall–Kier alpha value is -0.530. The van der Waals surface area contributed by atoms with Gasteiger partial charge in [-0.25, -0.2) is 8.42 Å². The predicted octanol–water partition coefficient (Wildman–Crippen LogP) is 2.77. The molecule has 21 heavy (non-hydrogen) atoms. The zero-order chi connectivity index (χ0) is 15.6. The van der Waals surface area contributed by atoms with Gasteiger partial charge in [0, 0.05) is 25.9 Å². The summed E-state index contributed by atoms with van der Waals surface area (Å²) >= 11 is 12.0. The first kappa shape index (κ1) is 16.8. The van der Waals surface area contributed by atoms with Gasteiger partial charge in [0.2, 0.25) is 10.0 Å². The lowest BCUT2D eigenvalue weighted by Gasteiger charge is -2.27. The van der Waals surface area contributed by atoms with Crippen molar-refractivity contribution in [1.29, 1.82) is 0 Å². The summed E-state index contributed by atoms with van der Waals surface area (Å²) in [6.45, 7) is 0.946. The first-order chi connectivity index (χ1) is 9.82. The summed E-state index contributed by atoms with van der Waals surface area (Å²) < 4.78 is 32.0. The van der Waals surface area contributed by atoms with Crippen LogP contribution in [0.2, 0.25) is 10.0 Å². The van der Waals surface area contributed by atoms with E-state index in [2.05, 4.69) is 0 Å². The standard InChI is InChI=1S/C13H18Cl2N2O3S/c1-17(8-10-4-2-3-5-20-10)21(18,19)13-11(14)6-9(16)7-12(13)15/h6-7,10H,2-5,8,16H2,1H3. The molecule has 2 N–H and O–H groups in total. The van der Waals surface area contributed by atoms with E-state index in [4.69, 9.17) is 33.7 Å². The number of ether oxygens (including phenoxy) is 1.